The highest BCUT2D eigenvalue weighted by Gasteiger charge is 2.23. The molecule has 3 aromatic rings. The van der Waals surface area contributed by atoms with E-state index in [0.29, 0.717) is 0 Å². The van der Waals surface area contributed by atoms with Crippen molar-refractivity contribution in [1.82, 2.24) is 19.6 Å². The second-order valence-electron chi connectivity index (χ2n) is 5.85. The number of halogens is 2. The molecule has 1 amide bonds. The first-order valence-electron chi connectivity index (χ1n) is 7.92. The van der Waals surface area contributed by atoms with Gasteiger partial charge in [-0.25, -0.2) is 18.7 Å². The maximum absolute atomic E-state index is 13.1. The summed E-state index contributed by atoms with van der Waals surface area (Å²) in [5.41, 5.74) is 1.68. The fourth-order valence-electron chi connectivity index (χ4n) is 2.34. The zero-order valence-corrected chi connectivity index (χ0v) is 15.4. The van der Waals surface area contributed by atoms with Crippen molar-refractivity contribution in [3.63, 3.8) is 0 Å². The van der Waals surface area contributed by atoms with E-state index >= 15 is 0 Å². The van der Waals surface area contributed by atoms with Gasteiger partial charge in [0.2, 0.25) is 0 Å². The Morgan fingerprint density at radius 3 is 2.70 bits per heavy atom. The second-order valence-corrected chi connectivity index (χ2v) is 6.25. The van der Waals surface area contributed by atoms with Crippen molar-refractivity contribution in [3.05, 3.63) is 52.3 Å². The number of carbonyl (C=O) groups excluding carboxylic acids is 2. The molecule has 0 fully saturated rings. The summed E-state index contributed by atoms with van der Waals surface area (Å²) in [4.78, 5) is 32.6. The Balaban J connectivity index is 1.71. The molecule has 0 saturated heterocycles. The lowest BCUT2D eigenvalue weighted by atomic mass is 10.3. The molecule has 1 N–H and O–H groups in total. The molecule has 1 aromatic carbocycles. The van der Waals surface area contributed by atoms with Gasteiger partial charge in [-0.15, -0.1) is 5.10 Å². The number of hydrogen-bond donors (Lipinski definition) is 1. The molecule has 0 unspecified atom stereocenters. The second kappa shape index (κ2) is 7.28. The van der Waals surface area contributed by atoms with Crippen LogP contribution in [0.15, 0.2) is 24.3 Å². The third-order valence-electron chi connectivity index (χ3n) is 3.64. The molecule has 0 radical (unpaired) electrons. The van der Waals surface area contributed by atoms with Crippen molar-refractivity contribution < 1.29 is 18.7 Å². The van der Waals surface area contributed by atoms with Gasteiger partial charge in [0, 0.05) is 11.4 Å². The SMILES string of the molecule is Cc1cc(C)n2nc(C(=O)O[C@H](C)C(=O)Nc3ccc(F)cc3Cl)nc2n1. The van der Waals surface area contributed by atoms with Gasteiger partial charge in [-0.2, -0.15) is 4.98 Å². The van der Waals surface area contributed by atoms with E-state index in [1.54, 1.807) is 19.9 Å². The van der Waals surface area contributed by atoms with Crippen LogP contribution in [0.2, 0.25) is 5.02 Å². The molecule has 2 aromatic heterocycles. The average molecular weight is 392 g/mol. The fourth-order valence-corrected chi connectivity index (χ4v) is 2.56. The van der Waals surface area contributed by atoms with E-state index in [1.165, 1.54) is 17.5 Å². The quantitative estimate of drug-likeness (QED) is 0.686. The highest BCUT2D eigenvalue weighted by atomic mass is 35.5. The minimum atomic E-state index is -1.15. The molecule has 140 valence electrons. The molecule has 3 rings (SSSR count). The third-order valence-corrected chi connectivity index (χ3v) is 3.96. The number of carbonyl (C=O) groups is 2. The number of aromatic nitrogens is 4. The Morgan fingerprint density at radius 1 is 1.26 bits per heavy atom. The van der Waals surface area contributed by atoms with E-state index in [4.69, 9.17) is 16.3 Å². The number of nitrogens with zero attached hydrogens (tertiary/aromatic N) is 4. The Kier molecular flexibility index (Phi) is 5.04. The maximum Gasteiger partial charge on any atom is 0.379 e. The molecule has 0 bridgehead atoms. The summed E-state index contributed by atoms with van der Waals surface area (Å²) in [7, 11) is 0. The summed E-state index contributed by atoms with van der Waals surface area (Å²) in [5.74, 6) is -1.99. The Bertz CT molecular complexity index is 1050. The van der Waals surface area contributed by atoms with Gasteiger partial charge in [0.1, 0.15) is 5.82 Å². The molecule has 0 spiro atoms. The zero-order chi connectivity index (χ0) is 19.7. The Morgan fingerprint density at radius 2 is 2.00 bits per heavy atom. The van der Waals surface area contributed by atoms with Crippen LogP contribution in [-0.4, -0.2) is 37.6 Å². The summed E-state index contributed by atoms with van der Waals surface area (Å²) < 4.78 is 19.6. The number of amides is 1. The Labute approximate surface area is 158 Å². The number of ether oxygens (including phenoxy) is 1. The van der Waals surface area contributed by atoms with Crippen molar-refractivity contribution >= 4 is 34.9 Å². The van der Waals surface area contributed by atoms with Gasteiger partial charge in [0.15, 0.2) is 6.10 Å². The number of esters is 1. The van der Waals surface area contributed by atoms with Gasteiger partial charge in [0.05, 0.1) is 10.7 Å². The summed E-state index contributed by atoms with van der Waals surface area (Å²) in [6.45, 7) is 4.98. The number of fused-ring (bicyclic) bond motifs is 1. The van der Waals surface area contributed by atoms with Crippen LogP contribution in [0.3, 0.4) is 0 Å². The van der Waals surface area contributed by atoms with Gasteiger partial charge >= 0.3 is 5.97 Å². The minimum Gasteiger partial charge on any atom is -0.447 e. The number of aryl methyl sites for hydroxylation is 2. The molecular formula is C17H15ClFN5O3. The molecule has 0 aliphatic heterocycles. The molecule has 0 aliphatic rings. The molecule has 0 saturated carbocycles. The van der Waals surface area contributed by atoms with E-state index in [0.717, 1.165) is 23.5 Å². The van der Waals surface area contributed by atoms with Crippen LogP contribution in [-0.2, 0) is 9.53 Å². The first kappa shape index (κ1) is 18.7. The van der Waals surface area contributed by atoms with Crippen LogP contribution in [0.25, 0.3) is 5.78 Å². The van der Waals surface area contributed by atoms with E-state index < -0.39 is 23.8 Å². The molecule has 27 heavy (non-hydrogen) atoms. The Hall–Kier alpha value is -3.07. The van der Waals surface area contributed by atoms with Gasteiger partial charge in [-0.3, -0.25) is 4.79 Å². The number of anilines is 1. The lowest BCUT2D eigenvalue weighted by Gasteiger charge is -2.13. The van der Waals surface area contributed by atoms with Crippen molar-refractivity contribution in [3.8, 4) is 0 Å². The van der Waals surface area contributed by atoms with Crippen LogP contribution < -0.4 is 5.32 Å². The van der Waals surface area contributed by atoms with E-state index in [9.17, 15) is 14.0 Å². The topological polar surface area (TPSA) is 98.5 Å². The maximum atomic E-state index is 13.1. The van der Waals surface area contributed by atoms with Gasteiger partial charge in [0.25, 0.3) is 17.5 Å². The fraction of sp³-hybridized carbons (Fsp3) is 0.235. The molecular weight excluding hydrogens is 377 g/mol. The van der Waals surface area contributed by atoms with E-state index in [2.05, 4.69) is 20.4 Å². The molecule has 0 aliphatic carbocycles. The molecule has 8 nitrogen and oxygen atoms in total. The lowest BCUT2D eigenvalue weighted by Crippen LogP contribution is -2.30. The van der Waals surface area contributed by atoms with Crippen molar-refractivity contribution in [2.24, 2.45) is 0 Å². The first-order chi connectivity index (χ1) is 12.7. The summed E-state index contributed by atoms with van der Waals surface area (Å²) in [5, 5.41) is 6.54. The van der Waals surface area contributed by atoms with Crippen molar-refractivity contribution in [1.29, 1.82) is 0 Å². The standard InChI is InChI=1S/C17H15ClFN5O3/c1-8-6-9(2)24-17(20-8)22-14(23-24)16(26)27-10(3)15(25)21-13-5-4-11(19)7-12(13)18/h4-7,10H,1-3H3,(H,21,25)/t10-/m1/s1. The van der Waals surface area contributed by atoms with Crippen LogP contribution in [0.4, 0.5) is 10.1 Å². The number of rotatable bonds is 4. The number of nitrogens with one attached hydrogen (secondary N) is 1. The smallest absolute Gasteiger partial charge is 0.379 e. The van der Waals surface area contributed by atoms with Crippen molar-refractivity contribution in [2.75, 3.05) is 5.32 Å². The number of hydrogen-bond acceptors (Lipinski definition) is 6. The van der Waals surface area contributed by atoms with Crippen molar-refractivity contribution in [2.45, 2.75) is 26.9 Å². The molecule has 10 heteroatoms. The van der Waals surface area contributed by atoms with Crippen LogP contribution in [0.5, 0.6) is 0 Å². The van der Waals surface area contributed by atoms with Crippen LogP contribution >= 0.6 is 11.6 Å². The highest BCUT2D eigenvalue weighted by Crippen LogP contribution is 2.22. The summed E-state index contributed by atoms with van der Waals surface area (Å²) in [6, 6.07) is 5.31. The zero-order valence-electron chi connectivity index (χ0n) is 14.7. The van der Waals surface area contributed by atoms with Crippen LogP contribution in [0.1, 0.15) is 28.9 Å². The largest absolute Gasteiger partial charge is 0.447 e. The average Bonchev–Trinajstić information content (AvgIpc) is 3.01. The molecule has 2 heterocycles. The predicted octanol–water partition coefficient (Wildman–Crippen LogP) is 2.72. The first-order valence-corrected chi connectivity index (χ1v) is 8.30. The third kappa shape index (κ3) is 4.03. The normalized spacial score (nSPS) is 12.0. The van der Waals surface area contributed by atoms with Crippen LogP contribution in [0, 0.1) is 19.7 Å². The highest BCUT2D eigenvalue weighted by molar-refractivity contribution is 6.33. The minimum absolute atomic E-state index is 0.0285. The van der Waals surface area contributed by atoms with E-state index in [1.807, 2.05) is 0 Å². The lowest BCUT2D eigenvalue weighted by molar-refractivity contribution is -0.123. The monoisotopic (exact) mass is 391 g/mol. The predicted molar refractivity (Wildman–Crippen MR) is 95.2 cm³/mol. The van der Waals surface area contributed by atoms with Gasteiger partial charge in [-0.1, -0.05) is 11.6 Å². The van der Waals surface area contributed by atoms with Gasteiger partial charge in [-0.05, 0) is 45.0 Å². The summed E-state index contributed by atoms with van der Waals surface area (Å²) >= 11 is 5.86. The summed E-state index contributed by atoms with van der Waals surface area (Å²) in [6.07, 6.45) is -1.15. The van der Waals surface area contributed by atoms with Gasteiger partial charge < -0.3 is 10.1 Å². The number of benzene rings is 1. The molecule has 1 atom stereocenters. The van der Waals surface area contributed by atoms with E-state index in [-0.39, 0.29) is 22.3 Å².